The highest BCUT2D eigenvalue weighted by Crippen LogP contribution is 2.31. The quantitative estimate of drug-likeness (QED) is 0.468. The van der Waals surface area contributed by atoms with Crippen molar-refractivity contribution in [3.63, 3.8) is 0 Å². The molecule has 2 aromatic carbocycles. The van der Waals surface area contributed by atoms with Gasteiger partial charge in [0, 0.05) is 31.7 Å². The van der Waals surface area contributed by atoms with E-state index in [0.717, 1.165) is 22.0 Å². The summed E-state index contributed by atoms with van der Waals surface area (Å²) < 4.78 is 16.2. The topological polar surface area (TPSA) is 82.9 Å². The molecule has 1 N–H and O–H groups in total. The van der Waals surface area contributed by atoms with Crippen molar-refractivity contribution in [2.24, 2.45) is 0 Å². The third-order valence-electron chi connectivity index (χ3n) is 6.86. The molecule has 36 heavy (non-hydrogen) atoms. The van der Waals surface area contributed by atoms with Crippen LogP contribution in [0.4, 0.5) is 10.1 Å². The van der Waals surface area contributed by atoms with Gasteiger partial charge in [0.15, 0.2) is 5.82 Å². The molecule has 0 radical (unpaired) electrons. The van der Waals surface area contributed by atoms with Crippen molar-refractivity contribution in [2.45, 2.75) is 46.2 Å². The number of rotatable bonds is 4. The highest BCUT2D eigenvalue weighted by molar-refractivity contribution is 5.83. The normalized spacial score (nSPS) is 16.0. The predicted octanol–water partition coefficient (Wildman–Crippen LogP) is 3.94. The number of pyridine rings is 1. The summed E-state index contributed by atoms with van der Waals surface area (Å²) in [7, 11) is 0. The van der Waals surface area contributed by atoms with E-state index in [1.54, 1.807) is 16.8 Å². The van der Waals surface area contributed by atoms with E-state index in [-0.39, 0.29) is 16.9 Å². The Morgan fingerprint density at radius 2 is 1.75 bits per heavy atom. The number of aryl methyl sites for hydroxylation is 2. The van der Waals surface area contributed by atoms with Crippen molar-refractivity contribution in [1.29, 1.82) is 0 Å². The van der Waals surface area contributed by atoms with Crippen molar-refractivity contribution in [1.82, 2.24) is 30.1 Å². The number of hydrogen-bond acceptors (Lipinski definition) is 6. The minimum atomic E-state index is -0.448. The zero-order valence-corrected chi connectivity index (χ0v) is 21.4. The van der Waals surface area contributed by atoms with Crippen LogP contribution in [-0.4, -0.2) is 56.3 Å². The van der Waals surface area contributed by atoms with Crippen LogP contribution in [0, 0.1) is 19.7 Å². The Labute approximate surface area is 209 Å². The molecule has 0 spiro atoms. The fourth-order valence-electron chi connectivity index (χ4n) is 5.18. The summed E-state index contributed by atoms with van der Waals surface area (Å²) in [4.78, 5) is 20.9. The molecule has 5 rings (SSSR count). The molecule has 1 unspecified atom stereocenters. The van der Waals surface area contributed by atoms with Crippen LogP contribution in [0.15, 0.2) is 47.3 Å². The maximum Gasteiger partial charge on any atom is 0.253 e. The first-order chi connectivity index (χ1) is 17.1. The zero-order valence-electron chi connectivity index (χ0n) is 21.4. The van der Waals surface area contributed by atoms with Gasteiger partial charge in [0.2, 0.25) is 0 Å². The number of anilines is 1. The molecule has 188 valence electrons. The molecule has 0 saturated carbocycles. The van der Waals surface area contributed by atoms with Crippen LogP contribution < -0.4 is 10.5 Å². The number of benzene rings is 2. The van der Waals surface area contributed by atoms with Crippen LogP contribution >= 0.6 is 0 Å². The number of tetrazole rings is 1. The zero-order chi connectivity index (χ0) is 25.6. The van der Waals surface area contributed by atoms with Gasteiger partial charge in [-0.05, 0) is 80.3 Å². The van der Waals surface area contributed by atoms with E-state index >= 15 is 0 Å². The van der Waals surface area contributed by atoms with Gasteiger partial charge >= 0.3 is 0 Å². The number of aromatic amines is 1. The number of H-pyrrole nitrogens is 1. The van der Waals surface area contributed by atoms with E-state index in [4.69, 9.17) is 0 Å². The Balaban J connectivity index is 1.59. The maximum atomic E-state index is 14.4. The van der Waals surface area contributed by atoms with Crippen molar-refractivity contribution >= 4 is 16.6 Å². The number of nitrogens with zero attached hydrogens (tertiary/aromatic N) is 6. The van der Waals surface area contributed by atoms with E-state index in [1.165, 1.54) is 6.07 Å². The molecule has 1 saturated heterocycles. The van der Waals surface area contributed by atoms with E-state index in [1.807, 2.05) is 44.7 Å². The Morgan fingerprint density at radius 1 is 1.03 bits per heavy atom. The summed E-state index contributed by atoms with van der Waals surface area (Å²) in [6.07, 6.45) is 0. The molecule has 9 heteroatoms. The smallest absolute Gasteiger partial charge is 0.253 e. The van der Waals surface area contributed by atoms with Crippen LogP contribution in [-0.2, 0) is 5.54 Å². The Hall–Kier alpha value is -3.59. The van der Waals surface area contributed by atoms with Gasteiger partial charge in [-0.3, -0.25) is 9.69 Å². The minimum Gasteiger partial charge on any atom is -0.367 e. The lowest BCUT2D eigenvalue weighted by Crippen LogP contribution is -2.49. The van der Waals surface area contributed by atoms with Crippen LogP contribution in [0.25, 0.3) is 10.9 Å². The van der Waals surface area contributed by atoms with Crippen molar-refractivity contribution in [2.75, 3.05) is 31.1 Å². The minimum absolute atomic E-state index is 0.153. The molecule has 2 aromatic heterocycles. The van der Waals surface area contributed by atoms with Gasteiger partial charge in [0.1, 0.15) is 11.9 Å². The monoisotopic (exact) mass is 489 g/mol. The van der Waals surface area contributed by atoms with Crippen LogP contribution in [0.2, 0.25) is 0 Å². The van der Waals surface area contributed by atoms with Gasteiger partial charge in [-0.25, -0.2) is 9.07 Å². The Morgan fingerprint density at radius 3 is 2.44 bits per heavy atom. The third kappa shape index (κ3) is 4.39. The number of piperazine rings is 1. The maximum absolute atomic E-state index is 14.4. The highest BCUT2D eigenvalue weighted by Gasteiger charge is 2.35. The van der Waals surface area contributed by atoms with Gasteiger partial charge in [-0.2, -0.15) is 0 Å². The van der Waals surface area contributed by atoms with Gasteiger partial charge in [0.05, 0.1) is 16.7 Å². The summed E-state index contributed by atoms with van der Waals surface area (Å²) >= 11 is 0. The van der Waals surface area contributed by atoms with E-state index < -0.39 is 6.04 Å². The average Bonchev–Trinajstić information content (AvgIpc) is 3.31. The molecule has 4 aromatic rings. The molecule has 3 heterocycles. The molecule has 0 bridgehead atoms. The van der Waals surface area contributed by atoms with E-state index in [2.05, 4.69) is 44.5 Å². The molecule has 0 amide bonds. The fourth-order valence-corrected chi connectivity index (χ4v) is 5.18. The number of hydrogen-bond donors (Lipinski definition) is 1. The van der Waals surface area contributed by atoms with Crippen molar-refractivity contribution in [3.05, 3.63) is 81.2 Å². The second kappa shape index (κ2) is 9.13. The second-order valence-electron chi connectivity index (χ2n) is 10.6. The predicted molar refractivity (Wildman–Crippen MR) is 139 cm³/mol. The van der Waals surface area contributed by atoms with Crippen molar-refractivity contribution < 1.29 is 4.39 Å². The summed E-state index contributed by atoms with van der Waals surface area (Å²) in [5.41, 5.74) is 3.68. The SMILES string of the molecule is Cc1cc(C)c2[nH]c(=O)c(C(c3nnnn3C(C)(C)C)N3CCN(c4ccccc4F)CC3)cc2c1. The molecular formula is C27H32FN7O. The summed E-state index contributed by atoms with van der Waals surface area (Å²) in [6.45, 7) is 12.7. The standard InChI is InChI=1S/C27H32FN7O/c1-17-14-18(2)23-19(15-17)16-20(26(36)29-23)24(25-30-31-32-35(25)27(3,4)5)34-12-10-33(11-13-34)22-9-7-6-8-21(22)28/h6-9,14-16,24H,10-13H2,1-5H3,(H,29,36). The van der Waals surface area contributed by atoms with E-state index in [9.17, 15) is 9.18 Å². The lowest BCUT2D eigenvalue weighted by molar-refractivity contribution is 0.190. The molecule has 1 aliphatic rings. The van der Waals surface area contributed by atoms with Crippen molar-refractivity contribution in [3.8, 4) is 0 Å². The average molecular weight is 490 g/mol. The highest BCUT2D eigenvalue weighted by atomic mass is 19.1. The summed E-state index contributed by atoms with van der Waals surface area (Å²) in [6, 6.07) is 12.5. The van der Waals surface area contributed by atoms with Gasteiger partial charge < -0.3 is 9.88 Å². The first-order valence-corrected chi connectivity index (χ1v) is 12.3. The first-order valence-electron chi connectivity index (χ1n) is 12.3. The lowest BCUT2D eigenvalue weighted by Gasteiger charge is -2.40. The molecule has 1 fully saturated rings. The Kier molecular flexibility index (Phi) is 6.12. The molecular weight excluding hydrogens is 457 g/mol. The lowest BCUT2D eigenvalue weighted by atomic mass is 9.99. The van der Waals surface area contributed by atoms with Crippen LogP contribution in [0.3, 0.4) is 0 Å². The number of nitrogens with one attached hydrogen (secondary N) is 1. The summed E-state index contributed by atoms with van der Waals surface area (Å²) in [5, 5.41) is 13.7. The third-order valence-corrected chi connectivity index (χ3v) is 6.86. The number of aromatic nitrogens is 5. The number of para-hydroxylation sites is 1. The van der Waals surface area contributed by atoms with Gasteiger partial charge in [-0.15, -0.1) is 5.10 Å². The van der Waals surface area contributed by atoms with Crippen LogP contribution in [0.1, 0.15) is 49.3 Å². The van der Waals surface area contributed by atoms with Gasteiger partial charge in [-0.1, -0.05) is 23.8 Å². The summed E-state index contributed by atoms with van der Waals surface area (Å²) in [5.74, 6) is 0.395. The largest absolute Gasteiger partial charge is 0.367 e. The first kappa shape index (κ1) is 24.1. The van der Waals surface area contributed by atoms with E-state index in [0.29, 0.717) is 43.3 Å². The van der Waals surface area contributed by atoms with Gasteiger partial charge in [0.25, 0.3) is 5.56 Å². The number of halogens is 1. The second-order valence-corrected chi connectivity index (χ2v) is 10.6. The molecule has 1 aliphatic heterocycles. The fraction of sp³-hybridized carbons (Fsp3) is 0.407. The molecule has 8 nitrogen and oxygen atoms in total. The van der Waals surface area contributed by atoms with Crippen LogP contribution in [0.5, 0.6) is 0 Å². The Bertz CT molecular complexity index is 1460. The molecule has 0 aliphatic carbocycles. The number of fused-ring (bicyclic) bond motifs is 1. The molecule has 1 atom stereocenters.